The molecule has 0 aliphatic carbocycles. The second kappa shape index (κ2) is 4.60. The highest BCUT2D eigenvalue weighted by atomic mass is 79.9. The number of nitrogens with two attached hydrogens (primary N) is 1. The number of nitrogen functional groups attached to an aromatic ring is 1. The molecule has 0 bridgehead atoms. The highest BCUT2D eigenvalue weighted by Gasteiger charge is 2.13. The first-order valence-corrected chi connectivity index (χ1v) is 7.44. The second-order valence-corrected chi connectivity index (χ2v) is 5.86. The van der Waals surface area contributed by atoms with Gasteiger partial charge in [-0.1, -0.05) is 42.5 Å². The summed E-state index contributed by atoms with van der Waals surface area (Å²) in [6, 6.07) is 18.4. The van der Waals surface area contributed by atoms with Crippen LogP contribution in [0.1, 0.15) is 0 Å². The van der Waals surface area contributed by atoms with Gasteiger partial charge in [0.1, 0.15) is 17.2 Å². The van der Waals surface area contributed by atoms with Crippen molar-refractivity contribution in [2.75, 3.05) is 5.73 Å². The van der Waals surface area contributed by atoms with Gasteiger partial charge in [0.05, 0.1) is 0 Å². The van der Waals surface area contributed by atoms with Crippen LogP contribution >= 0.6 is 15.9 Å². The minimum atomic E-state index is 0.655. The molecule has 0 radical (unpaired) electrons. The zero-order valence-electron chi connectivity index (χ0n) is 11.1. The quantitative estimate of drug-likeness (QED) is 0.555. The highest BCUT2D eigenvalue weighted by molar-refractivity contribution is 9.10. The Bertz CT molecular complexity index is 967. The molecule has 0 fully saturated rings. The maximum absolute atomic E-state index is 6.31. The maximum atomic E-state index is 6.31. The third-order valence-electron chi connectivity index (χ3n) is 3.66. The minimum absolute atomic E-state index is 0.655. The molecule has 0 saturated carbocycles. The molecular weight excluding hydrogens is 326 g/mol. The summed E-state index contributed by atoms with van der Waals surface area (Å²) >= 11 is 3.47. The van der Waals surface area contributed by atoms with Gasteiger partial charge in [-0.15, -0.1) is 0 Å². The van der Waals surface area contributed by atoms with Crippen LogP contribution in [-0.2, 0) is 0 Å². The van der Waals surface area contributed by atoms with Gasteiger partial charge >= 0.3 is 0 Å². The smallest absolute Gasteiger partial charge is 0.139 e. The Labute approximate surface area is 130 Å². The van der Waals surface area contributed by atoms with Crippen LogP contribution in [0.5, 0.6) is 0 Å². The van der Waals surface area contributed by atoms with Gasteiger partial charge < -0.3 is 5.73 Å². The zero-order valence-corrected chi connectivity index (χ0v) is 12.7. The SMILES string of the molecule is Nc1c(-c2cccc3ccccc23)nc2ccc(Br)cn12. The largest absolute Gasteiger partial charge is 0.383 e. The van der Waals surface area contributed by atoms with Crippen molar-refractivity contribution in [2.45, 2.75) is 0 Å². The Hall–Kier alpha value is -2.33. The topological polar surface area (TPSA) is 43.3 Å². The van der Waals surface area contributed by atoms with E-state index in [1.807, 2.05) is 40.9 Å². The monoisotopic (exact) mass is 337 g/mol. The number of hydrogen-bond acceptors (Lipinski definition) is 2. The van der Waals surface area contributed by atoms with Crippen LogP contribution in [0, 0.1) is 0 Å². The Morgan fingerprint density at radius 1 is 0.952 bits per heavy atom. The molecule has 3 nitrogen and oxygen atoms in total. The predicted octanol–water partition coefficient (Wildman–Crippen LogP) is 4.50. The van der Waals surface area contributed by atoms with Gasteiger partial charge in [-0.2, -0.15) is 0 Å². The maximum Gasteiger partial charge on any atom is 0.139 e. The lowest BCUT2D eigenvalue weighted by Crippen LogP contribution is -1.94. The number of hydrogen-bond donors (Lipinski definition) is 1. The van der Waals surface area contributed by atoms with Crippen LogP contribution in [0.25, 0.3) is 27.7 Å². The summed E-state index contributed by atoms with van der Waals surface area (Å²) in [5, 5.41) is 2.35. The van der Waals surface area contributed by atoms with Crippen LogP contribution in [0.3, 0.4) is 0 Å². The first-order valence-electron chi connectivity index (χ1n) is 6.65. The van der Waals surface area contributed by atoms with Crippen molar-refractivity contribution in [1.82, 2.24) is 9.38 Å². The molecule has 0 aliphatic heterocycles. The Morgan fingerprint density at radius 2 is 1.76 bits per heavy atom. The van der Waals surface area contributed by atoms with Crippen molar-refractivity contribution in [3.8, 4) is 11.3 Å². The first kappa shape index (κ1) is 12.4. The van der Waals surface area contributed by atoms with E-state index < -0.39 is 0 Å². The van der Waals surface area contributed by atoms with E-state index in [0.717, 1.165) is 26.8 Å². The molecule has 0 saturated heterocycles. The third kappa shape index (κ3) is 1.91. The molecule has 2 heterocycles. The molecule has 2 aromatic heterocycles. The molecule has 4 rings (SSSR count). The number of fused-ring (bicyclic) bond motifs is 2. The Balaban J connectivity index is 2.07. The number of rotatable bonds is 1. The molecule has 21 heavy (non-hydrogen) atoms. The summed E-state index contributed by atoms with van der Waals surface area (Å²) in [6.45, 7) is 0. The van der Waals surface area contributed by atoms with E-state index in [-0.39, 0.29) is 0 Å². The number of pyridine rings is 1. The van der Waals surface area contributed by atoms with Crippen molar-refractivity contribution in [1.29, 1.82) is 0 Å². The standard InChI is InChI=1S/C17H12BrN3/c18-12-8-9-15-20-16(17(19)21(15)10-12)14-7-3-5-11-4-1-2-6-13(11)14/h1-10H,19H2. The van der Waals surface area contributed by atoms with E-state index >= 15 is 0 Å². The van der Waals surface area contributed by atoms with Gasteiger partial charge in [-0.25, -0.2) is 4.98 Å². The summed E-state index contributed by atoms with van der Waals surface area (Å²) in [6.07, 6.45) is 1.94. The summed E-state index contributed by atoms with van der Waals surface area (Å²) in [7, 11) is 0. The summed E-state index contributed by atoms with van der Waals surface area (Å²) in [4.78, 5) is 4.69. The van der Waals surface area contributed by atoms with Gasteiger partial charge in [0, 0.05) is 16.2 Å². The molecule has 0 aliphatic rings. The second-order valence-electron chi connectivity index (χ2n) is 4.95. The van der Waals surface area contributed by atoms with Crippen molar-refractivity contribution in [3.63, 3.8) is 0 Å². The van der Waals surface area contributed by atoms with E-state index in [1.165, 1.54) is 5.39 Å². The number of nitrogens with zero attached hydrogens (tertiary/aromatic N) is 2. The molecule has 4 aromatic rings. The van der Waals surface area contributed by atoms with Crippen molar-refractivity contribution >= 4 is 38.2 Å². The van der Waals surface area contributed by atoms with Crippen molar-refractivity contribution < 1.29 is 0 Å². The number of imidazole rings is 1. The van der Waals surface area contributed by atoms with Gasteiger partial charge in [0.25, 0.3) is 0 Å². The molecule has 0 spiro atoms. The first-order chi connectivity index (χ1) is 10.2. The van der Waals surface area contributed by atoms with Crippen LogP contribution in [0.15, 0.2) is 65.3 Å². The Kier molecular flexibility index (Phi) is 2.72. The number of halogens is 1. The Morgan fingerprint density at radius 3 is 2.67 bits per heavy atom. The normalized spacial score (nSPS) is 11.3. The van der Waals surface area contributed by atoms with Crippen molar-refractivity contribution in [2.24, 2.45) is 0 Å². The van der Waals surface area contributed by atoms with Crippen LogP contribution < -0.4 is 5.73 Å². The van der Waals surface area contributed by atoms with Crippen molar-refractivity contribution in [3.05, 3.63) is 65.3 Å². The van der Waals surface area contributed by atoms with Gasteiger partial charge in [0.2, 0.25) is 0 Å². The van der Waals surface area contributed by atoms with E-state index in [4.69, 9.17) is 10.7 Å². The van der Waals surface area contributed by atoms with Crippen LogP contribution in [0.4, 0.5) is 5.82 Å². The fourth-order valence-electron chi connectivity index (χ4n) is 2.67. The van der Waals surface area contributed by atoms with Gasteiger partial charge in [0.15, 0.2) is 0 Å². The van der Waals surface area contributed by atoms with E-state index in [9.17, 15) is 0 Å². The van der Waals surface area contributed by atoms with E-state index in [2.05, 4.69) is 40.2 Å². The molecule has 0 unspecified atom stereocenters. The van der Waals surface area contributed by atoms with E-state index in [0.29, 0.717) is 5.82 Å². The molecule has 102 valence electrons. The lowest BCUT2D eigenvalue weighted by molar-refractivity contribution is 1.18. The summed E-state index contributed by atoms with van der Waals surface area (Å²) < 4.78 is 2.88. The lowest BCUT2D eigenvalue weighted by atomic mass is 10.0. The average Bonchev–Trinajstić information content (AvgIpc) is 2.83. The predicted molar refractivity (Wildman–Crippen MR) is 90.2 cm³/mol. The average molecular weight is 338 g/mol. The number of anilines is 1. The fourth-order valence-corrected chi connectivity index (χ4v) is 3.00. The number of benzene rings is 2. The summed E-state index contributed by atoms with van der Waals surface area (Å²) in [5.74, 6) is 0.655. The number of aromatic nitrogens is 2. The molecular formula is C17H12BrN3. The molecule has 2 aromatic carbocycles. The lowest BCUT2D eigenvalue weighted by Gasteiger charge is -2.05. The van der Waals surface area contributed by atoms with Crippen LogP contribution in [-0.4, -0.2) is 9.38 Å². The molecule has 0 amide bonds. The molecule has 4 heteroatoms. The van der Waals surface area contributed by atoms with Gasteiger partial charge in [-0.05, 0) is 38.8 Å². The molecule has 0 atom stereocenters. The van der Waals surface area contributed by atoms with E-state index in [1.54, 1.807) is 0 Å². The van der Waals surface area contributed by atoms with Gasteiger partial charge in [-0.3, -0.25) is 4.40 Å². The zero-order chi connectivity index (χ0) is 14.4. The minimum Gasteiger partial charge on any atom is -0.383 e. The highest BCUT2D eigenvalue weighted by Crippen LogP contribution is 2.32. The van der Waals surface area contributed by atoms with Crippen LogP contribution in [0.2, 0.25) is 0 Å². The molecule has 2 N–H and O–H groups in total. The summed E-state index contributed by atoms with van der Waals surface area (Å²) in [5.41, 5.74) is 9.04. The third-order valence-corrected chi connectivity index (χ3v) is 4.13. The fraction of sp³-hybridized carbons (Fsp3) is 0.